The van der Waals surface area contributed by atoms with Crippen LogP contribution in [0.25, 0.3) is 0 Å². The Morgan fingerprint density at radius 1 is 0.733 bits per heavy atom. The molecule has 0 heterocycles. The quantitative estimate of drug-likeness (QED) is 0.111. The summed E-state index contributed by atoms with van der Waals surface area (Å²) in [6, 6.07) is 4.58. The van der Waals surface area contributed by atoms with Crippen molar-refractivity contribution in [3.63, 3.8) is 0 Å². The first kappa shape index (κ1) is 26.9. The van der Waals surface area contributed by atoms with Crippen molar-refractivity contribution in [3.8, 4) is 0 Å². The minimum atomic E-state index is -1.69. The number of carboxylic acids is 1. The number of aromatic carboxylic acids is 1. The molecule has 1 rings (SSSR count). The van der Waals surface area contributed by atoms with Gasteiger partial charge in [0.1, 0.15) is 0 Å². The fraction of sp³-hybridized carbons (Fsp3) is 0.680. The molecular weight excluding hydrogens is 491 g/mol. The molecule has 0 aromatic heterocycles. The maximum Gasteiger partial charge on any atom is 0.336 e. The highest BCUT2D eigenvalue weighted by Crippen LogP contribution is 2.23. The normalized spacial score (nSPS) is 11.0. The van der Waals surface area contributed by atoms with Gasteiger partial charge in [-0.1, -0.05) is 109 Å². The number of Topliss-reactive ketones (excluding diaryl/α,β-unsaturated/α-hetero) is 1. The number of benzene rings is 1. The van der Waals surface area contributed by atoms with Crippen LogP contribution in [0.2, 0.25) is 0 Å². The van der Waals surface area contributed by atoms with Crippen molar-refractivity contribution in [1.29, 1.82) is 0 Å². The third-order valence-electron chi connectivity index (χ3n) is 5.61. The Labute approximate surface area is 192 Å². The topological polar surface area (TPSA) is 71.4 Å². The first-order chi connectivity index (χ1) is 14.6. The molecule has 0 amide bonds. The molecule has 0 aliphatic rings. The molecule has 1 aromatic carbocycles. The molecule has 0 radical (unpaired) electrons. The van der Waals surface area contributed by atoms with Gasteiger partial charge < -0.3 is 5.11 Å². The van der Waals surface area contributed by atoms with Gasteiger partial charge in [-0.25, -0.2) is 4.79 Å². The second kappa shape index (κ2) is 17.6. The van der Waals surface area contributed by atoms with Crippen molar-refractivity contribution in [2.75, 3.05) is 0 Å². The summed E-state index contributed by atoms with van der Waals surface area (Å²) in [5.74, 6) is -1.21. The highest BCUT2D eigenvalue weighted by Gasteiger charge is 2.18. The molecule has 1 N–H and O–H groups in total. The monoisotopic (exact) mass is 530 g/mol. The number of hydrogen-bond donors (Lipinski definition) is 1. The third-order valence-corrected chi connectivity index (χ3v) is 7.22. The second-order valence-electron chi connectivity index (χ2n) is 8.17. The highest BCUT2D eigenvalue weighted by atomic mass is 127. The lowest BCUT2D eigenvalue weighted by atomic mass is 10.0. The van der Waals surface area contributed by atoms with Gasteiger partial charge in [-0.2, -0.15) is 0 Å². The largest absolute Gasteiger partial charge is 0.478 e. The van der Waals surface area contributed by atoms with E-state index in [-0.39, 0.29) is 14.9 Å². The molecule has 0 unspecified atom stereocenters. The molecule has 0 atom stereocenters. The predicted octanol–water partition coefficient (Wildman–Crippen LogP) is 8.31. The van der Waals surface area contributed by atoms with Crippen LogP contribution in [0.3, 0.4) is 0 Å². The number of carbonyl (C=O) groups is 2. The Bertz CT molecular complexity index is 642. The maximum absolute atomic E-state index is 12.4. The Morgan fingerprint density at radius 3 is 1.60 bits per heavy atom. The summed E-state index contributed by atoms with van der Waals surface area (Å²) in [6.45, 7) is 2.26. The van der Waals surface area contributed by atoms with E-state index in [1.807, 2.05) is 0 Å². The van der Waals surface area contributed by atoms with Crippen molar-refractivity contribution >= 4 is 32.9 Å². The number of carbonyl (C=O) groups excluding carboxylic acids is 1. The zero-order chi connectivity index (χ0) is 22.0. The van der Waals surface area contributed by atoms with Gasteiger partial charge in [0.25, 0.3) is 0 Å². The summed E-state index contributed by atoms with van der Waals surface area (Å²) in [6.07, 6.45) is 19.6. The Kier molecular flexibility index (Phi) is 15.8. The van der Waals surface area contributed by atoms with Crippen LogP contribution in [0.4, 0.5) is 0 Å². The van der Waals surface area contributed by atoms with Crippen molar-refractivity contribution < 1.29 is 17.8 Å². The standard InChI is InChI=1S/C25H39IO4/c1-2-3-4-5-6-7-8-9-10-11-12-13-14-15-16-20-23(27)21-18-17-19-22(25(28)29)24(21)26-30/h17-19H,2-16,20H2,1H3,(H,28,29). The number of unbranched alkanes of at least 4 members (excludes halogenated alkanes) is 14. The Morgan fingerprint density at radius 2 is 1.17 bits per heavy atom. The Hall–Kier alpha value is -1.11. The van der Waals surface area contributed by atoms with Crippen LogP contribution < -0.4 is 0 Å². The lowest BCUT2D eigenvalue weighted by Crippen LogP contribution is -2.08. The van der Waals surface area contributed by atoms with Gasteiger partial charge in [0.05, 0.1) is 9.13 Å². The molecule has 0 bridgehead atoms. The molecule has 0 aliphatic carbocycles. The second-order valence-corrected chi connectivity index (χ2v) is 9.69. The van der Waals surface area contributed by atoms with Gasteiger partial charge >= 0.3 is 5.97 Å². The molecule has 5 heteroatoms. The predicted molar refractivity (Wildman–Crippen MR) is 131 cm³/mol. The summed E-state index contributed by atoms with van der Waals surface area (Å²) in [4.78, 5) is 23.6. The molecule has 0 aliphatic heterocycles. The number of halogens is 1. The summed E-state index contributed by atoms with van der Waals surface area (Å²) in [5, 5.41) is 9.19. The summed E-state index contributed by atoms with van der Waals surface area (Å²) in [7, 11) is 0. The van der Waals surface area contributed by atoms with E-state index in [1.165, 1.54) is 83.1 Å². The molecule has 170 valence electrons. The molecule has 1 aromatic rings. The van der Waals surface area contributed by atoms with Crippen LogP contribution in [0.5, 0.6) is 0 Å². The first-order valence-electron chi connectivity index (χ1n) is 11.8. The fourth-order valence-corrected chi connectivity index (χ4v) is 5.15. The maximum atomic E-state index is 12.4. The molecule has 4 nitrogen and oxygen atoms in total. The number of carboxylic acid groups (broad SMARTS) is 1. The number of rotatable bonds is 19. The summed E-state index contributed by atoms with van der Waals surface area (Å²) in [5.41, 5.74) is 0.336. The molecule has 0 saturated carbocycles. The van der Waals surface area contributed by atoms with E-state index >= 15 is 0 Å². The zero-order valence-corrected chi connectivity index (χ0v) is 20.8. The van der Waals surface area contributed by atoms with Gasteiger partial charge in [-0.3, -0.25) is 7.86 Å². The SMILES string of the molecule is CCCCCCCCCCCCCCCCCC(=O)c1cccc(C(=O)O)c1I=O. The molecule has 0 fully saturated rings. The molecule has 30 heavy (non-hydrogen) atoms. The van der Waals surface area contributed by atoms with Gasteiger partial charge in [0.2, 0.25) is 0 Å². The van der Waals surface area contributed by atoms with E-state index in [2.05, 4.69) is 6.92 Å². The van der Waals surface area contributed by atoms with Crippen LogP contribution in [0, 0.1) is 3.57 Å². The summed E-state index contributed by atoms with van der Waals surface area (Å²) < 4.78 is 11.7. The minimum absolute atomic E-state index is 0.000132. The van der Waals surface area contributed by atoms with Crippen molar-refractivity contribution in [1.82, 2.24) is 0 Å². The number of hydrogen-bond acceptors (Lipinski definition) is 3. The van der Waals surface area contributed by atoms with Crippen LogP contribution in [-0.2, 0) is 3.07 Å². The average Bonchev–Trinajstić information content (AvgIpc) is 2.75. The molecule has 0 saturated heterocycles. The van der Waals surface area contributed by atoms with Crippen LogP contribution >= 0.6 is 21.2 Å². The van der Waals surface area contributed by atoms with E-state index in [0.717, 1.165) is 19.3 Å². The van der Waals surface area contributed by atoms with Gasteiger partial charge in [0, 0.05) is 12.0 Å². The zero-order valence-electron chi connectivity index (χ0n) is 18.6. The smallest absolute Gasteiger partial charge is 0.336 e. The lowest BCUT2D eigenvalue weighted by Gasteiger charge is -2.06. The van der Waals surface area contributed by atoms with Crippen molar-refractivity contribution in [3.05, 3.63) is 32.9 Å². The number of ketones is 1. The van der Waals surface area contributed by atoms with Crippen LogP contribution in [-0.4, -0.2) is 16.9 Å². The first-order valence-corrected chi connectivity index (χ1v) is 13.7. The van der Waals surface area contributed by atoms with Crippen LogP contribution in [0.1, 0.15) is 130 Å². The fourth-order valence-electron chi connectivity index (χ4n) is 3.79. The minimum Gasteiger partial charge on any atom is -0.478 e. The van der Waals surface area contributed by atoms with E-state index < -0.39 is 27.2 Å². The lowest BCUT2D eigenvalue weighted by molar-refractivity contribution is 0.0695. The summed E-state index contributed by atoms with van der Waals surface area (Å²) >= 11 is -1.69. The van der Waals surface area contributed by atoms with Gasteiger partial charge in [-0.05, 0) is 12.5 Å². The van der Waals surface area contributed by atoms with Gasteiger partial charge in [0.15, 0.2) is 27.0 Å². The average molecular weight is 530 g/mol. The highest BCUT2D eigenvalue weighted by molar-refractivity contribution is 14.1. The van der Waals surface area contributed by atoms with Crippen molar-refractivity contribution in [2.45, 2.75) is 110 Å². The van der Waals surface area contributed by atoms with E-state index in [1.54, 1.807) is 12.1 Å². The van der Waals surface area contributed by atoms with E-state index in [0.29, 0.717) is 12.0 Å². The molecular formula is C25H39IO4. The Balaban J connectivity index is 2.06. The van der Waals surface area contributed by atoms with E-state index in [4.69, 9.17) is 0 Å². The van der Waals surface area contributed by atoms with Gasteiger partial charge in [-0.15, -0.1) is 0 Å². The van der Waals surface area contributed by atoms with E-state index in [9.17, 15) is 17.8 Å². The molecule has 0 spiro atoms. The third kappa shape index (κ3) is 11.3. The van der Waals surface area contributed by atoms with Crippen LogP contribution in [0.15, 0.2) is 18.2 Å². The van der Waals surface area contributed by atoms with Crippen molar-refractivity contribution in [2.24, 2.45) is 0 Å².